The molecule has 1 aromatic carbocycles. The second-order valence-corrected chi connectivity index (χ2v) is 8.77. The zero-order chi connectivity index (χ0) is 18.7. The molecule has 0 radical (unpaired) electrons. The fraction of sp³-hybridized carbons (Fsp3) is 0.444. The van der Waals surface area contributed by atoms with Crippen LogP contribution in [0, 0.1) is 12.8 Å². The molecule has 140 valence electrons. The average Bonchev–Trinajstić information content (AvgIpc) is 2.59. The van der Waals surface area contributed by atoms with Gasteiger partial charge in [0.25, 0.3) is 0 Å². The molecule has 1 aliphatic rings. The molecule has 3 rings (SSSR count). The van der Waals surface area contributed by atoms with Crippen LogP contribution in [0.4, 0.5) is 10.5 Å². The van der Waals surface area contributed by atoms with Gasteiger partial charge >= 0.3 is 6.03 Å². The minimum Gasteiger partial charge on any atom is -0.338 e. The van der Waals surface area contributed by atoms with Gasteiger partial charge in [0.1, 0.15) is 0 Å². The minimum atomic E-state index is -3.18. The lowest BCUT2D eigenvalue weighted by atomic mass is 10.00. The molecule has 8 heteroatoms. The maximum atomic E-state index is 12.3. The number of fused-ring (bicyclic) bond motifs is 1. The third-order valence-corrected chi connectivity index (χ3v) is 5.89. The number of amides is 2. The lowest BCUT2D eigenvalue weighted by Crippen LogP contribution is -2.43. The third kappa shape index (κ3) is 4.50. The number of benzene rings is 1. The second kappa shape index (κ2) is 7.59. The van der Waals surface area contributed by atoms with E-state index in [1.807, 2.05) is 37.3 Å². The van der Waals surface area contributed by atoms with Crippen molar-refractivity contribution in [1.29, 1.82) is 0 Å². The number of urea groups is 1. The number of rotatable bonds is 4. The maximum absolute atomic E-state index is 12.3. The Balaban J connectivity index is 1.60. The number of aromatic nitrogens is 1. The lowest BCUT2D eigenvalue weighted by Gasteiger charge is -2.30. The molecule has 0 aliphatic carbocycles. The van der Waals surface area contributed by atoms with Crippen molar-refractivity contribution in [1.82, 2.24) is 14.6 Å². The topological polar surface area (TPSA) is 91.4 Å². The number of aryl methyl sites for hydroxylation is 1. The number of pyridine rings is 1. The number of hydrogen-bond acceptors (Lipinski definition) is 4. The Morgan fingerprint density at radius 1 is 1.31 bits per heavy atom. The molecule has 1 fully saturated rings. The summed E-state index contributed by atoms with van der Waals surface area (Å²) in [5.41, 5.74) is 2.46. The molecule has 1 aromatic heterocycles. The van der Waals surface area contributed by atoms with Crippen molar-refractivity contribution < 1.29 is 13.2 Å². The van der Waals surface area contributed by atoms with Crippen molar-refractivity contribution in [3.63, 3.8) is 0 Å². The highest BCUT2D eigenvalue weighted by Crippen LogP contribution is 2.22. The number of carbonyl (C=O) groups excluding carboxylic acids is 1. The van der Waals surface area contributed by atoms with Crippen LogP contribution < -0.4 is 10.6 Å². The average molecular weight is 376 g/mol. The van der Waals surface area contributed by atoms with Crippen molar-refractivity contribution in [2.75, 3.05) is 31.2 Å². The first kappa shape index (κ1) is 18.6. The molecule has 0 saturated carbocycles. The molecule has 2 heterocycles. The Morgan fingerprint density at radius 3 is 2.88 bits per heavy atom. The number of carbonyl (C=O) groups is 1. The van der Waals surface area contributed by atoms with Crippen LogP contribution in [-0.2, 0) is 10.0 Å². The first-order valence-corrected chi connectivity index (χ1v) is 10.5. The molecule has 0 bridgehead atoms. The van der Waals surface area contributed by atoms with Crippen LogP contribution in [0.3, 0.4) is 0 Å². The van der Waals surface area contributed by atoms with Gasteiger partial charge in [-0.2, -0.15) is 0 Å². The first-order chi connectivity index (χ1) is 12.3. The van der Waals surface area contributed by atoms with E-state index in [4.69, 9.17) is 0 Å². The first-order valence-electron chi connectivity index (χ1n) is 8.69. The predicted octanol–water partition coefficient (Wildman–Crippen LogP) is 2.34. The highest BCUT2D eigenvalue weighted by Gasteiger charge is 2.26. The molecule has 2 N–H and O–H groups in total. The van der Waals surface area contributed by atoms with Gasteiger partial charge in [0, 0.05) is 30.7 Å². The van der Waals surface area contributed by atoms with Crippen LogP contribution in [0.1, 0.15) is 18.5 Å². The van der Waals surface area contributed by atoms with Gasteiger partial charge in [-0.25, -0.2) is 17.5 Å². The summed E-state index contributed by atoms with van der Waals surface area (Å²) in [6, 6.07) is 9.16. The van der Waals surface area contributed by atoms with Crippen molar-refractivity contribution in [3.05, 3.63) is 36.0 Å². The standard InChI is InChI=1S/C18H24N4O3S/c1-13-8-9-15-16(20-13)6-3-7-17(15)21-18(23)19-11-14-5-4-10-22(12-14)26(2,24)25/h3,6-9,14H,4-5,10-12H2,1-2H3,(H2,19,21,23). The van der Waals surface area contributed by atoms with Crippen LogP contribution in [0.2, 0.25) is 0 Å². The van der Waals surface area contributed by atoms with Gasteiger partial charge in [0.15, 0.2) is 0 Å². The van der Waals surface area contributed by atoms with Crippen molar-refractivity contribution in [2.45, 2.75) is 19.8 Å². The number of anilines is 1. The molecule has 1 unspecified atom stereocenters. The van der Waals surface area contributed by atoms with Crippen LogP contribution >= 0.6 is 0 Å². The van der Waals surface area contributed by atoms with E-state index < -0.39 is 10.0 Å². The van der Waals surface area contributed by atoms with Crippen LogP contribution in [0.25, 0.3) is 10.9 Å². The number of sulfonamides is 1. The Labute approximate surface area is 153 Å². The number of nitrogens with zero attached hydrogens (tertiary/aromatic N) is 2. The zero-order valence-electron chi connectivity index (χ0n) is 15.0. The molecule has 1 atom stereocenters. The van der Waals surface area contributed by atoms with Crippen LogP contribution in [-0.4, -0.2) is 49.6 Å². The van der Waals surface area contributed by atoms with E-state index in [1.165, 1.54) is 10.6 Å². The third-order valence-electron chi connectivity index (χ3n) is 4.62. The van der Waals surface area contributed by atoms with E-state index in [0.717, 1.165) is 29.4 Å². The van der Waals surface area contributed by atoms with Gasteiger partial charge in [-0.3, -0.25) is 4.98 Å². The molecular formula is C18H24N4O3S. The van der Waals surface area contributed by atoms with E-state index in [9.17, 15) is 13.2 Å². The number of hydrogen-bond donors (Lipinski definition) is 2. The monoisotopic (exact) mass is 376 g/mol. The highest BCUT2D eigenvalue weighted by atomic mass is 32.2. The fourth-order valence-corrected chi connectivity index (χ4v) is 4.21. The van der Waals surface area contributed by atoms with Crippen molar-refractivity contribution in [3.8, 4) is 0 Å². The van der Waals surface area contributed by atoms with E-state index in [0.29, 0.717) is 25.3 Å². The smallest absolute Gasteiger partial charge is 0.319 e. The van der Waals surface area contributed by atoms with Gasteiger partial charge in [-0.05, 0) is 49.9 Å². The molecule has 7 nitrogen and oxygen atoms in total. The molecule has 2 aromatic rings. The number of nitrogens with one attached hydrogen (secondary N) is 2. The van der Waals surface area contributed by atoms with Crippen LogP contribution in [0.15, 0.2) is 30.3 Å². The summed E-state index contributed by atoms with van der Waals surface area (Å²) in [7, 11) is -3.18. The lowest BCUT2D eigenvalue weighted by molar-refractivity contribution is 0.239. The molecule has 2 amide bonds. The summed E-state index contributed by atoms with van der Waals surface area (Å²) in [6.45, 7) is 3.39. The molecule has 26 heavy (non-hydrogen) atoms. The summed E-state index contributed by atoms with van der Waals surface area (Å²) >= 11 is 0. The Morgan fingerprint density at radius 2 is 2.12 bits per heavy atom. The van der Waals surface area contributed by atoms with Crippen molar-refractivity contribution >= 4 is 32.6 Å². The molecular weight excluding hydrogens is 352 g/mol. The summed E-state index contributed by atoms with van der Waals surface area (Å²) in [5, 5.41) is 6.60. The van der Waals surface area contributed by atoms with Gasteiger partial charge in [0.05, 0.1) is 17.5 Å². The van der Waals surface area contributed by atoms with Gasteiger partial charge in [0.2, 0.25) is 10.0 Å². The SMILES string of the molecule is Cc1ccc2c(NC(=O)NCC3CCCN(S(C)(=O)=O)C3)cccc2n1. The second-order valence-electron chi connectivity index (χ2n) is 6.79. The van der Waals surface area contributed by atoms with Gasteiger partial charge < -0.3 is 10.6 Å². The molecule has 0 spiro atoms. The molecule has 1 aliphatic heterocycles. The summed E-state index contributed by atoms with van der Waals surface area (Å²) in [6.07, 6.45) is 2.95. The summed E-state index contributed by atoms with van der Waals surface area (Å²) in [5.74, 6) is 0.126. The zero-order valence-corrected chi connectivity index (χ0v) is 15.8. The Kier molecular flexibility index (Phi) is 5.43. The van der Waals surface area contributed by atoms with Crippen molar-refractivity contribution in [2.24, 2.45) is 5.92 Å². The largest absolute Gasteiger partial charge is 0.338 e. The summed E-state index contributed by atoms with van der Waals surface area (Å²) in [4.78, 5) is 16.7. The minimum absolute atomic E-state index is 0.126. The van der Waals surface area contributed by atoms with E-state index in [1.54, 1.807) is 0 Å². The fourth-order valence-electron chi connectivity index (χ4n) is 3.26. The summed E-state index contributed by atoms with van der Waals surface area (Å²) < 4.78 is 24.8. The Hall–Kier alpha value is -2.19. The molecule has 1 saturated heterocycles. The highest BCUT2D eigenvalue weighted by molar-refractivity contribution is 7.88. The van der Waals surface area contributed by atoms with E-state index >= 15 is 0 Å². The van der Waals surface area contributed by atoms with Gasteiger partial charge in [-0.1, -0.05) is 6.07 Å². The quantitative estimate of drug-likeness (QED) is 0.857. The van der Waals surface area contributed by atoms with E-state index in [-0.39, 0.29) is 11.9 Å². The van der Waals surface area contributed by atoms with E-state index in [2.05, 4.69) is 15.6 Å². The normalized spacial score (nSPS) is 18.6. The maximum Gasteiger partial charge on any atom is 0.319 e. The predicted molar refractivity (Wildman–Crippen MR) is 103 cm³/mol. The number of piperidine rings is 1. The Bertz CT molecular complexity index is 914. The van der Waals surface area contributed by atoms with Crippen LogP contribution in [0.5, 0.6) is 0 Å². The van der Waals surface area contributed by atoms with Gasteiger partial charge in [-0.15, -0.1) is 0 Å².